The van der Waals surface area contributed by atoms with Gasteiger partial charge in [0.2, 0.25) is 0 Å². The van der Waals surface area contributed by atoms with Crippen LogP contribution in [0.25, 0.3) is 0 Å². The van der Waals surface area contributed by atoms with Crippen LogP contribution in [0.3, 0.4) is 0 Å². The van der Waals surface area contributed by atoms with E-state index in [9.17, 15) is 4.39 Å². The van der Waals surface area contributed by atoms with Gasteiger partial charge in [0, 0.05) is 22.6 Å². The molecular formula is C14H20FNOS. The first kappa shape index (κ1) is 13.7. The second kappa shape index (κ2) is 6.43. The Morgan fingerprint density at radius 2 is 2.17 bits per heavy atom. The van der Waals surface area contributed by atoms with Gasteiger partial charge in [0.1, 0.15) is 0 Å². The van der Waals surface area contributed by atoms with Gasteiger partial charge in [0.25, 0.3) is 0 Å². The number of methoxy groups -OCH3 is 1. The minimum atomic E-state index is -0.320. The fraction of sp³-hybridized carbons (Fsp3) is 0.571. The summed E-state index contributed by atoms with van der Waals surface area (Å²) >= 11 is 1.88. The number of nitrogens with two attached hydrogens (primary N) is 1. The van der Waals surface area contributed by atoms with E-state index in [4.69, 9.17) is 10.5 Å². The minimum absolute atomic E-state index is 0.259. The van der Waals surface area contributed by atoms with Gasteiger partial charge < -0.3 is 10.5 Å². The molecule has 0 aromatic heterocycles. The third-order valence-electron chi connectivity index (χ3n) is 3.43. The number of benzene rings is 1. The second-order valence-electron chi connectivity index (χ2n) is 4.71. The largest absolute Gasteiger partial charge is 0.494 e. The van der Waals surface area contributed by atoms with Gasteiger partial charge >= 0.3 is 0 Å². The van der Waals surface area contributed by atoms with E-state index >= 15 is 0 Å². The molecule has 2 nitrogen and oxygen atoms in total. The SMILES string of the molecule is COc1cccc(C(N)CSC2CCCC2)c1F. The smallest absolute Gasteiger partial charge is 0.169 e. The van der Waals surface area contributed by atoms with Crippen LogP contribution in [-0.2, 0) is 0 Å². The number of thioether (sulfide) groups is 1. The molecule has 0 aliphatic heterocycles. The number of rotatable bonds is 5. The Labute approximate surface area is 112 Å². The first-order chi connectivity index (χ1) is 8.72. The molecule has 0 saturated heterocycles. The van der Waals surface area contributed by atoms with Gasteiger partial charge in [-0.25, -0.2) is 4.39 Å². The van der Waals surface area contributed by atoms with Crippen LogP contribution in [0.1, 0.15) is 37.3 Å². The molecule has 1 fully saturated rings. The van der Waals surface area contributed by atoms with Crippen LogP contribution in [0.4, 0.5) is 4.39 Å². The predicted octanol–water partition coefficient (Wildman–Crippen LogP) is 3.51. The number of halogens is 1. The summed E-state index contributed by atoms with van der Waals surface area (Å²) in [7, 11) is 1.47. The highest BCUT2D eigenvalue weighted by atomic mass is 32.2. The van der Waals surface area contributed by atoms with Gasteiger partial charge in [-0.15, -0.1) is 0 Å². The Morgan fingerprint density at radius 3 is 2.83 bits per heavy atom. The van der Waals surface area contributed by atoms with Gasteiger partial charge in [0.15, 0.2) is 11.6 Å². The van der Waals surface area contributed by atoms with Crippen LogP contribution in [0, 0.1) is 5.82 Å². The second-order valence-corrected chi connectivity index (χ2v) is 6.04. The van der Waals surface area contributed by atoms with Crippen molar-refractivity contribution in [2.75, 3.05) is 12.9 Å². The van der Waals surface area contributed by atoms with Crippen molar-refractivity contribution in [3.05, 3.63) is 29.6 Å². The van der Waals surface area contributed by atoms with Crippen LogP contribution < -0.4 is 10.5 Å². The first-order valence-electron chi connectivity index (χ1n) is 6.42. The lowest BCUT2D eigenvalue weighted by Gasteiger charge is -2.16. The molecule has 0 heterocycles. The number of hydrogen-bond acceptors (Lipinski definition) is 3. The Morgan fingerprint density at radius 1 is 1.44 bits per heavy atom. The maximum absolute atomic E-state index is 14.0. The third kappa shape index (κ3) is 3.18. The van der Waals surface area contributed by atoms with E-state index in [-0.39, 0.29) is 17.6 Å². The standard InChI is InChI=1S/C14H20FNOS/c1-17-13-8-4-7-11(14(13)15)12(16)9-18-10-5-2-3-6-10/h4,7-8,10,12H,2-3,5-6,9,16H2,1H3. The average molecular weight is 269 g/mol. The van der Waals surface area contributed by atoms with E-state index in [0.717, 1.165) is 5.75 Å². The van der Waals surface area contributed by atoms with E-state index in [1.54, 1.807) is 18.2 Å². The Hall–Kier alpha value is -0.740. The summed E-state index contributed by atoms with van der Waals surface area (Å²) < 4.78 is 19.0. The van der Waals surface area contributed by atoms with E-state index in [2.05, 4.69) is 0 Å². The zero-order chi connectivity index (χ0) is 13.0. The number of hydrogen-bond donors (Lipinski definition) is 1. The molecule has 0 amide bonds. The summed E-state index contributed by atoms with van der Waals surface area (Å²) in [5, 5.41) is 0.713. The van der Waals surface area contributed by atoms with Crippen molar-refractivity contribution in [2.24, 2.45) is 5.73 Å². The van der Waals surface area contributed by atoms with E-state index < -0.39 is 0 Å². The van der Waals surface area contributed by atoms with Crippen LogP contribution in [-0.4, -0.2) is 18.1 Å². The zero-order valence-electron chi connectivity index (χ0n) is 10.7. The molecule has 1 saturated carbocycles. The maximum Gasteiger partial charge on any atom is 0.169 e. The summed E-state index contributed by atoms with van der Waals surface area (Å²) in [6.07, 6.45) is 5.19. The third-order valence-corrected chi connectivity index (χ3v) is 4.92. The molecule has 1 aliphatic carbocycles. The highest BCUT2D eigenvalue weighted by Crippen LogP contribution is 2.32. The number of ether oxygens (including phenoxy) is 1. The minimum Gasteiger partial charge on any atom is -0.494 e. The quantitative estimate of drug-likeness (QED) is 0.888. The lowest BCUT2D eigenvalue weighted by atomic mass is 10.1. The predicted molar refractivity (Wildman–Crippen MR) is 74.6 cm³/mol. The Balaban J connectivity index is 1.97. The van der Waals surface area contributed by atoms with Gasteiger partial charge in [0.05, 0.1) is 7.11 Å². The van der Waals surface area contributed by atoms with Crippen molar-refractivity contribution in [3.63, 3.8) is 0 Å². The van der Waals surface area contributed by atoms with E-state index in [1.165, 1.54) is 32.8 Å². The molecule has 2 rings (SSSR count). The van der Waals surface area contributed by atoms with Crippen LogP contribution in [0.15, 0.2) is 18.2 Å². The molecular weight excluding hydrogens is 249 g/mol. The van der Waals surface area contributed by atoms with Gasteiger partial charge in [-0.3, -0.25) is 0 Å². The Kier molecular flexibility index (Phi) is 4.89. The van der Waals surface area contributed by atoms with Gasteiger partial charge in [-0.05, 0) is 18.9 Å². The molecule has 0 spiro atoms. The van der Waals surface area contributed by atoms with E-state index in [0.29, 0.717) is 10.8 Å². The van der Waals surface area contributed by atoms with Crippen molar-refractivity contribution in [1.82, 2.24) is 0 Å². The first-order valence-corrected chi connectivity index (χ1v) is 7.47. The molecule has 1 aliphatic rings. The van der Waals surface area contributed by atoms with Crippen LogP contribution in [0.5, 0.6) is 5.75 Å². The summed E-state index contributed by atoms with van der Waals surface area (Å²) in [5.74, 6) is 0.725. The van der Waals surface area contributed by atoms with Crippen LogP contribution >= 0.6 is 11.8 Å². The zero-order valence-corrected chi connectivity index (χ0v) is 11.5. The highest BCUT2D eigenvalue weighted by Gasteiger charge is 2.19. The lowest BCUT2D eigenvalue weighted by molar-refractivity contribution is 0.383. The Bertz CT molecular complexity index is 393. The highest BCUT2D eigenvalue weighted by molar-refractivity contribution is 7.99. The van der Waals surface area contributed by atoms with E-state index in [1.807, 2.05) is 11.8 Å². The summed E-state index contributed by atoms with van der Waals surface area (Å²) in [5.41, 5.74) is 6.64. The fourth-order valence-electron chi connectivity index (χ4n) is 2.36. The fourth-order valence-corrected chi connectivity index (χ4v) is 3.68. The summed E-state index contributed by atoms with van der Waals surface area (Å²) in [6.45, 7) is 0. The normalized spacial score (nSPS) is 17.9. The van der Waals surface area contributed by atoms with Crippen LogP contribution in [0.2, 0.25) is 0 Å². The molecule has 1 atom stereocenters. The van der Waals surface area contributed by atoms with Gasteiger partial charge in [-0.1, -0.05) is 25.0 Å². The molecule has 2 N–H and O–H groups in total. The van der Waals surface area contributed by atoms with Gasteiger partial charge in [-0.2, -0.15) is 11.8 Å². The molecule has 100 valence electrons. The van der Waals surface area contributed by atoms with Crippen molar-refractivity contribution in [2.45, 2.75) is 37.0 Å². The topological polar surface area (TPSA) is 35.2 Å². The molecule has 1 aromatic rings. The molecule has 1 unspecified atom stereocenters. The molecule has 1 aromatic carbocycles. The van der Waals surface area contributed by atoms with Crippen molar-refractivity contribution >= 4 is 11.8 Å². The molecule has 4 heteroatoms. The van der Waals surface area contributed by atoms with Crippen molar-refractivity contribution in [1.29, 1.82) is 0 Å². The maximum atomic E-state index is 14.0. The molecule has 18 heavy (non-hydrogen) atoms. The molecule has 0 radical (unpaired) electrons. The van der Waals surface area contributed by atoms with Crippen molar-refractivity contribution in [3.8, 4) is 5.75 Å². The average Bonchev–Trinajstić information content (AvgIpc) is 2.89. The lowest BCUT2D eigenvalue weighted by Crippen LogP contribution is -2.16. The molecule has 0 bridgehead atoms. The summed E-state index contributed by atoms with van der Waals surface area (Å²) in [4.78, 5) is 0. The van der Waals surface area contributed by atoms with Crippen molar-refractivity contribution < 1.29 is 9.13 Å². The summed E-state index contributed by atoms with van der Waals surface area (Å²) in [6, 6.07) is 4.90. The monoisotopic (exact) mass is 269 g/mol.